The maximum atomic E-state index is 13.3. The van der Waals surface area contributed by atoms with Crippen molar-refractivity contribution < 1.29 is 26.7 Å². The molecule has 1 saturated carbocycles. The zero-order valence-corrected chi connectivity index (χ0v) is 17.4. The summed E-state index contributed by atoms with van der Waals surface area (Å²) in [6.45, 7) is 0. The first-order chi connectivity index (χ1) is 15.7. The Bertz CT molecular complexity index is 1140. The van der Waals surface area contributed by atoms with Crippen LogP contribution in [0.5, 0.6) is 0 Å². The molecule has 1 aliphatic carbocycles. The van der Waals surface area contributed by atoms with E-state index in [1.807, 2.05) is 0 Å². The molecule has 0 unspecified atom stereocenters. The van der Waals surface area contributed by atoms with Gasteiger partial charge in [-0.1, -0.05) is 18.2 Å². The molecule has 3 aromatic rings. The van der Waals surface area contributed by atoms with Crippen LogP contribution in [0, 0.1) is 0 Å². The van der Waals surface area contributed by atoms with Crippen molar-refractivity contribution in [1.82, 2.24) is 15.3 Å². The van der Waals surface area contributed by atoms with E-state index in [1.54, 1.807) is 24.3 Å². The van der Waals surface area contributed by atoms with Crippen LogP contribution in [0.15, 0.2) is 48.7 Å². The van der Waals surface area contributed by atoms with Crippen LogP contribution in [0.4, 0.5) is 27.6 Å². The molecule has 0 radical (unpaired) electrons. The largest absolute Gasteiger partial charge is 0.433 e. The topological polar surface area (TPSA) is 66.9 Å². The molecule has 0 spiro atoms. The van der Waals surface area contributed by atoms with E-state index in [0.29, 0.717) is 36.8 Å². The lowest BCUT2D eigenvalue weighted by Crippen LogP contribution is -2.40. The van der Waals surface area contributed by atoms with Crippen LogP contribution in [-0.4, -0.2) is 28.0 Å². The highest BCUT2D eigenvalue weighted by Crippen LogP contribution is 2.34. The van der Waals surface area contributed by atoms with Gasteiger partial charge in [0.25, 0.3) is 12.3 Å². The van der Waals surface area contributed by atoms with Gasteiger partial charge in [0.2, 0.25) is 0 Å². The van der Waals surface area contributed by atoms with Crippen LogP contribution in [-0.2, 0) is 6.18 Å². The Kier molecular flexibility index (Phi) is 6.44. The maximum absolute atomic E-state index is 13.3. The van der Waals surface area contributed by atoms with Crippen molar-refractivity contribution >= 4 is 22.5 Å². The highest BCUT2D eigenvalue weighted by Gasteiger charge is 2.34. The first-order valence-corrected chi connectivity index (χ1v) is 10.5. The van der Waals surface area contributed by atoms with Crippen LogP contribution in [0.1, 0.15) is 53.9 Å². The zero-order chi connectivity index (χ0) is 23.6. The molecule has 10 heteroatoms. The van der Waals surface area contributed by atoms with Crippen molar-refractivity contribution in [2.45, 2.75) is 50.4 Å². The van der Waals surface area contributed by atoms with Gasteiger partial charge in [-0.2, -0.15) is 13.2 Å². The number of carbonyl (C=O) groups excluding carboxylic acids is 1. The lowest BCUT2D eigenvalue weighted by Gasteiger charge is -2.30. The number of pyridine rings is 2. The minimum absolute atomic E-state index is 0.0728. The van der Waals surface area contributed by atoms with Crippen molar-refractivity contribution in [3.63, 3.8) is 0 Å². The van der Waals surface area contributed by atoms with Crippen LogP contribution in [0.2, 0.25) is 0 Å². The van der Waals surface area contributed by atoms with E-state index < -0.39 is 29.9 Å². The number of nitrogens with one attached hydrogen (secondary N) is 2. The average molecular weight is 464 g/mol. The summed E-state index contributed by atoms with van der Waals surface area (Å²) in [4.78, 5) is 19.7. The number of hydrogen-bond acceptors (Lipinski definition) is 4. The quantitative estimate of drug-likeness (QED) is 0.473. The number of fused-ring (bicyclic) bond motifs is 1. The third kappa shape index (κ3) is 5.37. The highest BCUT2D eigenvalue weighted by atomic mass is 19.4. The number of halogens is 5. The SMILES string of the molecule is O=C(NC1CCC(Nc2cc(C(F)(F)F)nc3ccccc23)CC1)c1ccnc(C(F)F)c1. The van der Waals surface area contributed by atoms with Crippen LogP contribution in [0.25, 0.3) is 10.9 Å². The summed E-state index contributed by atoms with van der Waals surface area (Å²) in [5, 5.41) is 6.67. The Balaban J connectivity index is 1.40. The summed E-state index contributed by atoms with van der Waals surface area (Å²) in [6, 6.07) is 9.89. The molecule has 1 amide bonds. The predicted octanol–water partition coefficient (Wildman–Crippen LogP) is 5.74. The van der Waals surface area contributed by atoms with Gasteiger partial charge in [0, 0.05) is 34.9 Å². The van der Waals surface area contributed by atoms with E-state index in [4.69, 9.17) is 0 Å². The number of nitrogens with zero attached hydrogens (tertiary/aromatic N) is 2. The molecule has 1 aromatic carbocycles. The minimum Gasteiger partial charge on any atom is -0.382 e. The molecule has 1 fully saturated rings. The fourth-order valence-electron chi connectivity index (χ4n) is 4.02. The Morgan fingerprint density at radius 1 is 1.00 bits per heavy atom. The molecular weight excluding hydrogens is 443 g/mol. The third-order valence-corrected chi connectivity index (χ3v) is 5.70. The van der Waals surface area contributed by atoms with Crippen LogP contribution < -0.4 is 10.6 Å². The minimum atomic E-state index is -4.56. The van der Waals surface area contributed by atoms with E-state index >= 15 is 0 Å². The Morgan fingerprint density at radius 3 is 2.39 bits per heavy atom. The molecule has 0 saturated heterocycles. The van der Waals surface area contributed by atoms with Crippen LogP contribution >= 0.6 is 0 Å². The van der Waals surface area contributed by atoms with Gasteiger partial charge in [-0.05, 0) is 49.9 Å². The summed E-state index contributed by atoms with van der Waals surface area (Å²) >= 11 is 0. The number of anilines is 1. The number of para-hydroxylation sites is 1. The molecule has 4 rings (SSSR count). The second-order valence-electron chi connectivity index (χ2n) is 8.01. The molecule has 0 aliphatic heterocycles. The number of hydrogen-bond donors (Lipinski definition) is 2. The van der Waals surface area contributed by atoms with E-state index in [1.165, 1.54) is 12.3 Å². The van der Waals surface area contributed by atoms with Gasteiger partial charge in [-0.15, -0.1) is 0 Å². The van der Waals surface area contributed by atoms with Crippen molar-refractivity contribution in [2.75, 3.05) is 5.32 Å². The van der Waals surface area contributed by atoms with Gasteiger partial charge < -0.3 is 10.6 Å². The zero-order valence-electron chi connectivity index (χ0n) is 17.4. The van der Waals surface area contributed by atoms with Gasteiger partial charge in [0.05, 0.1) is 5.52 Å². The molecule has 5 nitrogen and oxygen atoms in total. The molecule has 174 valence electrons. The smallest absolute Gasteiger partial charge is 0.382 e. The number of alkyl halides is 5. The van der Waals surface area contributed by atoms with E-state index in [2.05, 4.69) is 20.6 Å². The predicted molar refractivity (Wildman–Crippen MR) is 113 cm³/mol. The van der Waals surface area contributed by atoms with Crippen molar-refractivity contribution in [1.29, 1.82) is 0 Å². The lowest BCUT2D eigenvalue weighted by atomic mass is 9.90. The summed E-state index contributed by atoms with van der Waals surface area (Å²) in [5.41, 5.74) is -0.667. The maximum Gasteiger partial charge on any atom is 0.433 e. The number of amides is 1. The molecule has 2 aromatic heterocycles. The molecule has 1 aliphatic rings. The fourth-order valence-corrected chi connectivity index (χ4v) is 4.02. The fraction of sp³-hybridized carbons (Fsp3) is 0.348. The van der Waals surface area contributed by atoms with Crippen molar-refractivity contribution in [3.05, 3.63) is 65.6 Å². The second kappa shape index (κ2) is 9.29. The van der Waals surface area contributed by atoms with Gasteiger partial charge in [-0.25, -0.2) is 13.8 Å². The molecule has 2 N–H and O–H groups in total. The Labute approximate surface area is 186 Å². The molecule has 2 heterocycles. The van der Waals surface area contributed by atoms with Crippen molar-refractivity contribution in [2.24, 2.45) is 0 Å². The third-order valence-electron chi connectivity index (χ3n) is 5.70. The number of rotatable bonds is 5. The van der Waals surface area contributed by atoms with E-state index in [9.17, 15) is 26.7 Å². The number of aromatic nitrogens is 2. The summed E-state index contributed by atoms with van der Waals surface area (Å²) in [5.74, 6) is -0.453. The molecule has 33 heavy (non-hydrogen) atoms. The summed E-state index contributed by atoms with van der Waals surface area (Å²) in [6.07, 6.45) is -3.69. The van der Waals surface area contributed by atoms with E-state index in [-0.39, 0.29) is 23.2 Å². The van der Waals surface area contributed by atoms with Gasteiger partial charge in [-0.3, -0.25) is 9.78 Å². The number of benzene rings is 1. The first kappa shape index (κ1) is 22.9. The highest BCUT2D eigenvalue weighted by molar-refractivity contribution is 5.94. The average Bonchev–Trinajstić information content (AvgIpc) is 2.79. The standard InChI is InChI=1S/C23H21F5N4O/c24-21(25)19-11-13(9-10-29-19)22(33)31-15-7-5-14(6-8-15)30-18-12-20(23(26,27)28)32-17-4-2-1-3-16(17)18/h1-4,9-12,14-15,21H,5-8H2,(H,30,32)(H,31,33). The summed E-state index contributed by atoms with van der Waals surface area (Å²) in [7, 11) is 0. The second-order valence-corrected chi connectivity index (χ2v) is 8.01. The van der Waals surface area contributed by atoms with Gasteiger partial charge >= 0.3 is 6.18 Å². The normalized spacial score (nSPS) is 19.0. The van der Waals surface area contributed by atoms with Crippen molar-refractivity contribution in [3.8, 4) is 0 Å². The van der Waals surface area contributed by atoms with Gasteiger partial charge in [0.1, 0.15) is 11.4 Å². The summed E-state index contributed by atoms with van der Waals surface area (Å²) < 4.78 is 65.5. The number of carbonyl (C=O) groups is 1. The first-order valence-electron chi connectivity index (χ1n) is 10.5. The monoisotopic (exact) mass is 464 g/mol. The molecule has 0 bridgehead atoms. The molecular formula is C23H21F5N4O. The van der Waals surface area contributed by atoms with E-state index in [0.717, 1.165) is 12.1 Å². The van der Waals surface area contributed by atoms with Gasteiger partial charge in [0.15, 0.2) is 0 Å². The van der Waals surface area contributed by atoms with Crippen LogP contribution in [0.3, 0.4) is 0 Å². The lowest BCUT2D eigenvalue weighted by molar-refractivity contribution is -0.140. The Hall–Kier alpha value is -3.30. The Morgan fingerprint density at radius 2 is 1.70 bits per heavy atom. The molecule has 0 atom stereocenters.